The second-order valence-corrected chi connectivity index (χ2v) is 7.55. The van der Waals surface area contributed by atoms with Crippen molar-refractivity contribution in [2.24, 2.45) is 0 Å². The van der Waals surface area contributed by atoms with Crippen LogP contribution < -0.4 is 9.64 Å². The fourth-order valence-corrected chi connectivity index (χ4v) is 3.63. The molecule has 0 N–H and O–H groups in total. The van der Waals surface area contributed by atoms with Gasteiger partial charge in [0.2, 0.25) is 0 Å². The van der Waals surface area contributed by atoms with Crippen LogP contribution in [0.2, 0.25) is 0 Å². The molecule has 6 heteroatoms. The molecule has 0 radical (unpaired) electrons. The van der Waals surface area contributed by atoms with Crippen molar-refractivity contribution in [2.75, 3.05) is 18.0 Å². The van der Waals surface area contributed by atoms with Crippen molar-refractivity contribution >= 4 is 17.5 Å². The highest BCUT2D eigenvalue weighted by Crippen LogP contribution is 2.39. The summed E-state index contributed by atoms with van der Waals surface area (Å²) in [5.41, 5.74) is 1.18. The van der Waals surface area contributed by atoms with Gasteiger partial charge in [0, 0.05) is 31.0 Å². The lowest BCUT2D eigenvalue weighted by Gasteiger charge is -2.39. The Morgan fingerprint density at radius 1 is 1.22 bits per heavy atom. The van der Waals surface area contributed by atoms with Crippen LogP contribution in [0.4, 0.5) is 5.69 Å². The van der Waals surface area contributed by atoms with Crippen LogP contribution in [-0.4, -0.2) is 40.4 Å². The number of aromatic nitrogens is 1. The van der Waals surface area contributed by atoms with E-state index in [0.717, 1.165) is 31.5 Å². The van der Waals surface area contributed by atoms with Gasteiger partial charge in [-0.3, -0.25) is 14.6 Å². The number of carbonyl (C=O) groups excluding carboxylic acids is 2. The van der Waals surface area contributed by atoms with Crippen molar-refractivity contribution in [1.29, 1.82) is 0 Å². The second-order valence-electron chi connectivity index (χ2n) is 7.55. The number of hydrogen-bond acceptors (Lipinski definition) is 4. The maximum atomic E-state index is 13.0. The molecule has 0 bridgehead atoms. The van der Waals surface area contributed by atoms with Crippen molar-refractivity contribution in [3.8, 4) is 5.75 Å². The molecule has 0 aliphatic carbocycles. The number of hydrogen-bond donors (Lipinski definition) is 0. The summed E-state index contributed by atoms with van der Waals surface area (Å²) in [6, 6.07) is 9.14. The number of likely N-dealkylation sites (tertiary alicyclic amines) is 1. The molecular formula is C21H23N3O3. The van der Waals surface area contributed by atoms with Crippen LogP contribution in [-0.2, 0) is 11.3 Å². The van der Waals surface area contributed by atoms with Gasteiger partial charge in [0.25, 0.3) is 11.8 Å². The first-order chi connectivity index (χ1) is 13.0. The Bertz CT molecular complexity index is 873. The van der Waals surface area contributed by atoms with E-state index in [1.54, 1.807) is 49.3 Å². The molecule has 3 heterocycles. The molecule has 27 heavy (non-hydrogen) atoms. The summed E-state index contributed by atoms with van der Waals surface area (Å²) in [7, 11) is 0. The normalized spacial score (nSPS) is 18.2. The number of carbonyl (C=O) groups is 2. The third kappa shape index (κ3) is 3.27. The van der Waals surface area contributed by atoms with Crippen molar-refractivity contribution in [1.82, 2.24) is 9.88 Å². The monoisotopic (exact) mass is 365 g/mol. The van der Waals surface area contributed by atoms with Crippen LogP contribution >= 0.6 is 0 Å². The first-order valence-corrected chi connectivity index (χ1v) is 9.29. The third-order valence-corrected chi connectivity index (χ3v) is 5.08. The lowest BCUT2D eigenvalue weighted by Crippen LogP contribution is -2.52. The van der Waals surface area contributed by atoms with Crippen LogP contribution in [0.3, 0.4) is 0 Å². The number of benzene rings is 1. The number of rotatable bonds is 3. The predicted octanol–water partition coefficient (Wildman–Crippen LogP) is 3.02. The molecule has 2 aliphatic heterocycles. The standard InChI is InChI=1S/C21H23N3O3/c1-21(2)20(26)24(14-15-6-5-9-22-13-15)17-12-16(7-8-18(17)27-21)19(25)23-10-3-4-11-23/h5-9,12-13H,3-4,10-11,14H2,1-2H3. The van der Waals surface area contributed by atoms with E-state index in [-0.39, 0.29) is 11.8 Å². The average Bonchev–Trinajstić information content (AvgIpc) is 3.20. The molecule has 6 nitrogen and oxygen atoms in total. The Morgan fingerprint density at radius 2 is 2.00 bits per heavy atom. The highest BCUT2D eigenvalue weighted by molar-refractivity contribution is 6.04. The summed E-state index contributed by atoms with van der Waals surface area (Å²) in [6.45, 7) is 5.49. The minimum Gasteiger partial charge on any atom is -0.476 e. The zero-order chi connectivity index (χ0) is 19.0. The Hall–Kier alpha value is -2.89. The average molecular weight is 365 g/mol. The molecule has 0 spiro atoms. The lowest BCUT2D eigenvalue weighted by atomic mass is 10.0. The number of ether oxygens (including phenoxy) is 1. The zero-order valence-electron chi connectivity index (χ0n) is 15.6. The van der Waals surface area contributed by atoms with Gasteiger partial charge < -0.3 is 14.5 Å². The van der Waals surface area contributed by atoms with Crippen LogP contribution in [0.15, 0.2) is 42.7 Å². The summed E-state index contributed by atoms with van der Waals surface area (Å²) in [5.74, 6) is 0.486. The lowest BCUT2D eigenvalue weighted by molar-refractivity contribution is -0.132. The zero-order valence-corrected chi connectivity index (χ0v) is 15.6. The van der Waals surface area contributed by atoms with Gasteiger partial charge in [-0.05, 0) is 56.5 Å². The molecule has 2 aromatic rings. The first kappa shape index (κ1) is 17.5. The van der Waals surface area contributed by atoms with Gasteiger partial charge in [-0.1, -0.05) is 6.07 Å². The maximum absolute atomic E-state index is 13.0. The molecule has 1 saturated heterocycles. The van der Waals surface area contributed by atoms with Crippen molar-refractivity contribution in [3.63, 3.8) is 0 Å². The number of amides is 2. The van der Waals surface area contributed by atoms with E-state index < -0.39 is 5.60 Å². The minimum absolute atomic E-state index is 0.00825. The van der Waals surface area contributed by atoms with E-state index in [2.05, 4.69) is 4.98 Å². The van der Waals surface area contributed by atoms with Crippen LogP contribution in [0, 0.1) is 0 Å². The van der Waals surface area contributed by atoms with E-state index >= 15 is 0 Å². The third-order valence-electron chi connectivity index (χ3n) is 5.08. The molecule has 2 amide bonds. The van der Waals surface area contributed by atoms with E-state index in [4.69, 9.17) is 4.74 Å². The molecule has 0 unspecified atom stereocenters. The Balaban J connectivity index is 1.72. The quantitative estimate of drug-likeness (QED) is 0.839. The Morgan fingerprint density at radius 3 is 2.70 bits per heavy atom. The molecule has 2 aliphatic rings. The molecule has 140 valence electrons. The molecule has 1 aromatic heterocycles. The van der Waals surface area contributed by atoms with E-state index in [1.807, 2.05) is 17.0 Å². The summed E-state index contributed by atoms with van der Waals surface area (Å²) in [5, 5.41) is 0. The SMILES string of the molecule is CC1(C)Oc2ccc(C(=O)N3CCCC3)cc2N(Cc2cccnc2)C1=O. The van der Waals surface area contributed by atoms with Gasteiger partial charge in [0.1, 0.15) is 5.75 Å². The van der Waals surface area contributed by atoms with Gasteiger partial charge in [-0.25, -0.2) is 0 Å². The number of pyridine rings is 1. The fraction of sp³-hybridized carbons (Fsp3) is 0.381. The number of fused-ring (bicyclic) bond motifs is 1. The summed E-state index contributed by atoms with van der Waals surface area (Å²) in [4.78, 5) is 33.5. The molecule has 0 atom stereocenters. The first-order valence-electron chi connectivity index (χ1n) is 9.29. The second kappa shape index (κ2) is 6.68. The van der Waals surface area contributed by atoms with Crippen LogP contribution in [0.25, 0.3) is 0 Å². The minimum atomic E-state index is -0.963. The van der Waals surface area contributed by atoms with Crippen LogP contribution in [0.1, 0.15) is 42.6 Å². The Labute approximate surface area is 158 Å². The maximum Gasteiger partial charge on any atom is 0.271 e. The van der Waals surface area contributed by atoms with Gasteiger partial charge in [0.05, 0.1) is 12.2 Å². The molecule has 1 aromatic carbocycles. The molecule has 1 fully saturated rings. The molecular weight excluding hydrogens is 342 g/mol. The van der Waals surface area contributed by atoms with E-state index in [0.29, 0.717) is 23.5 Å². The Kier molecular flexibility index (Phi) is 4.34. The number of nitrogens with zero attached hydrogens (tertiary/aromatic N) is 3. The van der Waals surface area contributed by atoms with E-state index in [9.17, 15) is 9.59 Å². The summed E-state index contributed by atoms with van der Waals surface area (Å²) in [6.07, 6.45) is 5.53. The highest BCUT2D eigenvalue weighted by atomic mass is 16.5. The molecule has 0 saturated carbocycles. The van der Waals surface area contributed by atoms with Crippen molar-refractivity contribution in [2.45, 2.75) is 38.8 Å². The smallest absolute Gasteiger partial charge is 0.271 e. The van der Waals surface area contributed by atoms with Gasteiger partial charge in [-0.15, -0.1) is 0 Å². The van der Waals surface area contributed by atoms with Gasteiger partial charge >= 0.3 is 0 Å². The number of anilines is 1. The summed E-state index contributed by atoms with van der Waals surface area (Å²) < 4.78 is 5.93. The van der Waals surface area contributed by atoms with Gasteiger partial charge in [-0.2, -0.15) is 0 Å². The summed E-state index contributed by atoms with van der Waals surface area (Å²) >= 11 is 0. The largest absolute Gasteiger partial charge is 0.476 e. The predicted molar refractivity (Wildman–Crippen MR) is 102 cm³/mol. The van der Waals surface area contributed by atoms with E-state index in [1.165, 1.54) is 0 Å². The molecule has 4 rings (SSSR count). The fourth-order valence-electron chi connectivity index (χ4n) is 3.63. The van der Waals surface area contributed by atoms with Crippen LogP contribution in [0.5, 0.6) is 5.75 Å². The highest BCUT2D eigenvalue weighted by Gasteiger charge is 2.41. The van der Waals surface area contributed by atoms with Crippen molar-refractivity contribution < 1.29 is 14.3 Å². The van der Waals surface area contributed by atoms with Gasteiger partial charge in [0.15, 0.2) is 5.60 Å². The van der Waals surface area contributed by atoms with Crippen molar-refractivity contribution in [3.05, 3.63) is 53.9 Å². The topological polar surface area (TPSA) is 62.7 Å².